The Labute approximate surface area is 170 Å². The van der Waals surface area contributed by atoms with E-state index in [-0.39, 0.29) is 11.7 Å². The molecule has 0 spiro atoms. The molecule has 1 fully saturated rings. The normalized spacial score (nSPS) is 17.1. The van der Waals surface area contributed by atoms with Crippen LogP contribution in [0.4, 0.5) is 0 Å². The summed E-state index contributed by atoms with van der Waals surface area (Å²) < 4.78 is 5.40. The van der Waals surface area contributed by atoms with Gasteiger partial charge in [-0.1, -0.05) is 18.2 Å². The molecular weight excluding hydrogens is 364 g/mol. The van der Waals surface area contributed by atoms with Gasteiger partial charge < -0.3 is 4.74 Å². The average molecular weight is 388 g/mol. The zero-order chi connectivity index (χ0) is 20.1. The second kappa shape index (κ2) is 8.92. The van der Waals surface area contributed by atoms with Gasteiger partial charge in [-0.3, -0.25) is 14.7 Å². The number of benzene rings is 1. The fourth-order valence-electron chi connectivity index (χ4n) is 3.79. The molecule has 1 aromatic carbocycles. The fourth-order valence-corrected chi connectivity index (χ4v) is 3.79. The Morgan fingerprint density at radius 2 is 1.90 bits per heavy atom. The Bertz CT molecular complexity index is 960. The number of para-hydroxylation sites is 1. The second-order valence-corrected chi connectivity index (χ2v) is 7.27. The number of hydrogen-bond donors (Lipinski definition) is 0. The lowest BCUT2D eigenvalue weighted by Crippen LogP contribution is -2.38. The van der Waals surface area contributed by atoms with Crippen molar-refractivity contribution in [2.24, 2.45) is 5.92 Å². The minimum absolute atomic E-state index is 0.00702. The molecule has 2 aromatic heterocycles. The number of piperidine rings is 1. The Kier molecular flexibility index (Phi) is 5.91. The molecule has 29 heavy (non-hydrogen) atoms. The topological polar surface area (TPSA) is 68.2 Å². The molecule has 1 aliphatic rings. The van der Waals surface area contributed by atoms with Gasteiger partial charge in [-0.25, -0.2) is 9.97 Å². The summed E-state index contributed by atoms with van der Waals surface area (Å²) in [5.41, 5.74) is 2.47. The number of nitrogens with zero attached hydrogens (tertiary/aromatic N) is 4. The van der Waals surface area contributed by atoms with E-state index in [1.807, 2.05) is 48.8 Å². The van der Waals surface area contributed by atoms with Crippen LogP contribution in [0.1, 0.15) is 28.9 Å². The number of Topliss-reactive ketones (excluding diaryl/α,β-unsaturated/α-hetero) is 1. The molecule has 3 aromatic rings. The summed E-state index contributed by atoms with van der Waals surface area (Å²) in [6.07, 6.45) is 7.31. The first-order valence-electron chi connectivity index (χ1n) is 9.86. The highest BCUT2D eigenvalue weighted by atomic mass is 16.5. The van der Waals surface area contributed by atoms with E-state index in [0.717, 1.165) is 49.4 Å². The largest absolute Gasteiger partial charge is 0.496 e. The van der Waals surface area contributed by atoms with Crippen LogP contribution in [0, 0.1) is 5.92 Å². The van der Waals surface area contributed by atoms with Gasteiger partial charge >= 0.3 is 0 Å². The maximum absolute atomic E-state index is 12.7. The van der Waals surface area contributed by atoms with Crippen LogP contribution in [0.15, 0.2) is 61.1 Å². The van der Waals surface area contributed by atoms with Crippen LogP contribution in [0.3, 0.4) is 0 Å². The summed E-state index contributed by atoms with van der Waals surface area (Å²) in [7, 11) is 1.65. The van der Waals surface area contributed by atoms with Crippen LogP contribution >= 0.6 is 0 Å². The molecular formula is C23H24N4O2. The zero-order valence-electron chi connectivity index (χ0n) is 16.5. The molecule has 0 saturated carbocycles. The molecule has 1 atom stereocenters. The molecule has 0 bridgehead atoms. The molecule has 1 unspecified atom stereocenters. The number of carbonyl (C=O) groups excluding carboxylic acids is 1. The number of pyridine rings is 1. The second-order valence-electron chi connectivity index (χ2n) is 7.27. The highest BCUT2D eigenvalue weighted by Crippen LogP contribution is 2.27. The Balaban J connectivity index is 1.42. The van der Waals surface area contributed by atoms with Crippen LogP contribution in [-0.2, 0) is 6.54 Å². The summed E-state index contributed by atoms with van der Waals surface area (Å²) in [5, 5.41) is 0. The monoisotopic (exact) mass is 388 g/mol. The predicted molar refractivity (Wildman–Crippen MR) is 111 cm³/mol. The quantitative estimate of drug-likeness (QED) is 0.601. The number of ether oxygens (including phenoxy) is 1. The van der Waals surface area contributed by atoms with Crippen molar-refractivity contribution in [2.45, 2.75) is 19.4 Å². The Hall–Kier alpha value is -3.12. The SMILES string of the molecule is COc1ccccc1-c1ncc(CN2CCCC(C(=O)c3ccccn3)C2)cn1. The highest BCUT2D eigenvalue weighted by Gasteiger charge is 2.27. The van der Waals surface area contributed by atoms with E-state index in [1.54, 1.807) is 19.4 Å². The molecule has 6 heteroatoms. The van der Waals surface area contributed by atoms with Gasteiger partial charge in [0.15, 0.2) is 11.6 Å². The fraction of sp³-hybridized carbons (Fsp3) is 0.304. The summed E-state index contributed by atoms with van der Waals surface area (Å²) in [4.78, 5) is 28.3. The number of methoxy groups -OCH3 is 1. The minimum atomic E-state index is -0.00702. The molecule has 0 N–H and O–H groups in total. The van der Waals surface area contributed by atoms with Crippen molar-refractivity contribution in [3.05, 3.63) is 72.3 Å². The summed E-state index contributed by atoms with van der Waals surface area (Å²) >= 11 is 0. The number of likely N-dealkylation sites (tertiary alicyclic amines) is 1. The first kappa shape index (κ1) is 19.2. The van der Waals surface area contributed by atoms with E-state index in [2.05, 4.69) is 19.9 Å². The van der Waals surface area contributed by atoms with Gasteiger partial charge in [0.05, 0.1) is 12.7 Å². The first-order chi connectivity index (χ1) is 14.2. The maximum atomic E-state index is 12.7. The summed E-state index contributed by atoms with van der Waals surface area (Å²) in [6.45, 7) is 2.45. The van der Waals surface area contributed by atoms with E-state index in [0.29, 0.717) is 11.5 Å². The summed E-state index contributed by atoms with van der Waals surface area (Å²) in [5.74, 6) is 1.53. The number of hydrogen-bond acceptors (Lipinski definition) is 6. The maximum Gasteiger partial charge on any atom is 0.185 e. The Morgan fingerprint density at radius 3 is 2.66 bits per heavy atom. The van der Waals surface area contributed by atoms with Gasteiger partial charge in [0.2, 0.25) is 0 Å². The van der Waals surface area contributed by atoms with Crippen molar-refractivity contribution in [1.29, 1.82) is 0 Å². The highest BCUT2D eigenvalue weighted by molar-refractivity contribution is 5.96. The molecule has 1 saturated heterocycles. The van der Waals surface area contributed by atoms with E-state index >= 15 is 0 Å². The van der Waals surface area contributed by atoms with Gasteiger partial charge in [0.25, 0.3) is 0 Å². The summed E-state index contributed by atoms with van der Waals surface area (Å²) in [6, 6.07) is 13.2. The third-order valence-corrected chi connectivity index (χ3v) is 5.25. The predicted octanol–water partition coefficient (Wildman–Crippen LogP) is 3.64. The molecule has 3 heterocycles. The van der Waals surface area contributed by atoms with E-state index in [4.69, 9.17) is 4.74 Å². The van der Waals surface area contributed by atoms with E-state index in [1.165, 1.54) is 0 Å². The lowest BCUT2D eigenvalue weighted by molar-refractivity contribution is 0.0806. The van der Waals surface area contributed by atoms with Crippen molar-refractivity contribution in [3.8, 4) is 17.1 Å². The Morgan fingerprint density at radius 1 is 1.10 bits per heavy atom. The van der Waals surface area contributed by atoms with Crippen molar-refractivity contribution < 1.29 is 9.53 Å². The van der Waals surface area contributed by atoms with Gasteiger partial charge in [-0.05, 0) is 43.7 Å². The van der Waals surface area contributed by atoms with Crippen molar-refractivity contribution in [2.75, 3.05) is 20.2 Å². The third-order valence-electron chi connectivity index (χ3n) is 5.25. The van der Waals surface area contributed by atoms with Crippen LogP contribution in [-0.4, -0.2) is 45.8 Å². The van der Waals surface area contributed by atoms with Gasteiger partial charge in [-0.2, -0.15) is 0 Å². The molecule has 148 valence electrons. The first-order valence-corrected chi connectivity index (χ1v) is 9.86. The standard InChI is InChI=1S/C23H24N4O2/c1-29-21-10-3-2-8-19(21)23-25-13-17(14-26-23)15-27-12-6-7-18(16-27)22(28)20-9-4-5-11-24-20/h2-5,8-11,13-14,18H,6-7,12,15-16H2,1H3. The van der Waals surface area contributed by atoms with Crippen LogP contribution in [0.2, 0.25) is 0 Å². The van der Waals surface area contributed by atoms with Crippen LogP contribution < -0.4 is 4.74 Å². The van der Waals surface area contributed by atoms with Crippen LogP contribution in [0.25, 0.3) is 11.4 Å². The van der Waals surface area contributed by atoms with Gasteiger partial charge in [0.1, 0.15) is 11.4 Å². The van der Waals surface area contributed by atoms with Crippen molar-refractivity contribution in [1.82, 2.24) is 19.9 Å². The third kappa shape index (κ3) is 4.49. The minimum Gasteiger partial charge on any atom is -0.496 e. The van der Waals surface area contributed by atoms with E-state index < -0.39 is 0 Å². The molecule has 1 aliphatic heterocycles. The zero-order valence-corrected chi connectivity index (χ0v) is 16.5. The van der Waals surface area contributed by atoms with Gasteiger partial charge in [0, 0.05) is 43.2 Å². The number of rotatable bonds is 6. The molecule has 6 nitrogen and oxygen atoms in total. The van der Waals surface area contributed by atoms with Gasteiger partial charge in [-0.15, -0.1) is 0 Å². The number of aromatic nitrogens is 3. The molecule has 4 rings (SSSR count). The average Bonchev–Trinajstić information content (AvgIpc) is 2.80. The number of ketones is 1. The van der Waals surface area contributed by atoms with E-state index in [9.17, 15) is 4.79 Å². The lowest BCUT2D eigenvalue weighted by Gasteiger charge is -2.31. The smallest absolute Gasteiger partial charge is 0.185 e. The van der Waals surface area contributed by atoms with Crippen molar-refractivity contribution in [3.63, 3.8) is 0 Å². The lowest BCUT2D eigenvalue weighted by atomic mass is 9.92. The molecule has 0 amide bonds. The molecule has 0 radical (unpaired) electrons. The van der Waals surface area contributed by atoms with Crippen LogP contribution in [0.5, 0.6) is 5.75 Å². The number of carbonyl (C=O) groups is 1. The molecule has 0 aliphatic carbocycles. The van der Waals surface area contributed by atoms with Crippen molar-refractivity contribution >= 4 is 5.78 Å².